The van der Waals surface area contributed by atoms with Gasteiger partial charge in [0.15, 0.2) is 0 Å². The molecule has 0 atom stereocenters. The topological polar surface area (TPSA) is 20.2 Å². The van der Waals surface area contributed by atoms with Crippen molar-refractivity contribution in [1.29, 1.82) is 0 Å². The van der Waals surface area contributed by atoms with Gasteiger partial charge in [0.2, 0.25) is 0 Å². The number of hydrogen-bond acceptors (Lipinski definition) is 1. The zero-order chi connectivity index (χ0) is 10.7. The first kappa shape index (κ1) is 11.4. The van der Waals surface area contributed by atoms with E-state index in [1.165, 1.54) is 18.4 Å². The van der Waals surface area contributed by atoms with Gasteiger partial charge in [0.05, 0.1) is 0 Å². The van der Waals surface area contributed by atoms with E-state index in [9.17, 15) is 5.11 Å². The van der Waals surface area contributed by atoms with Gasteiger partial charge in [-0.1, -0.05) is 31.5 Å². The SMILES string of the molecule is CC.Cc1cc(C2CC2)c(Cl)cc1O. The highest BCUT2D eigenvalue weighted by Crippen LogP contribution is 2.44. The molecule has 1 fully saturated rings. The fourth-order valence-electron chi connectivity index (χ4n) is 1.40. The minimum absolute atomic E-state index is 0.296. The molecule has 14 heavy (non-hydrogen) atoms. The molecule has 0 saturated heterocycles. The largest absolute Gasteiger partial charge is 0.508 e. The van der Waals surface area contributed by atoms with E-state index in [1.54, 1.807) is 6.07 Å². The number of phenolic OH excluding ortho intramolecular Hbond substituents is 1. The van der Waals surface area contributed by atoms with Crippen LogP contribution in [0.4, 0.5) is 0 Å². The van der Waals surface area contributed by atoms with Gasteiger partial charge < -0.3 is 5.11 Å². The highest BCUT2D eigenvalue weighted by Gasteiger charge is 2.26. The van der Waals surface area contributed by atoms with Gasteiger partial charge in [-0.05, 0) is 42.9 Å². The van der Waals surface area contributed by atoms with Gasteiger partial charge in [-0.3, -0.25) is 0 Å². The van der Waals surface area contributed by atoms with Crippen molar-refractivity contribution in [1.82, 2.24) is 0 Å². The number of hydrogen-bond donors (Lipinski definition) is 1. The lowest BCUT2D eigenvalue weighted by Gasteiger charge is -2.05. The average Bonchev–Trinajstić information content (AvgIpc) is 2.98. The molecule has 1 saturated carbocycles. The summed E-state index contributed by atoms with van der Waals surface area (Å²) in [6, 6.07) is 3.64. The number of benzene rings is 1. The van der Waals surface area contributed by atoms with E-state index in [0.29, 0.717) is 16.7 Å². The number of phenols is 1. The van der Waals surface area contributed by atoms with E-state index < -0.39 is 0 Å². The van der Waals surface area contributed by atoms with Crippen LogP contribution in [0.5, 0.6) is 5.75 Å². The highest BCUT2D eigenvalue weighted by molar-refractivity contribution is 6.31. The van der Waals surface area contributed by atoms with Crippen molar-refractivity contribution in [2.24, 2.45) is 0 Å². The van der Waals surface area contributed by atoms with Crippen molar-refractivity contribution >= 4 is 11.6 Å². The smallest absolute Gasteiger partial charge is 0.119 e. The van der Waals surface area contributed by atoms with E-state index in [0.717, 1.165) is 5.56 Å². The lowest BCUT2D eigenvalue weighted by Crippen LogP contribution is -1.84. The Bertz CT molecular complexity index is 316. The van der Waals surface area contributed by atoms with Crippen LogP contribution in [0.25, 0.3) is 0 Å². The summed E-state index contributed by atoms with van der Waals surface area (Å²) >= 11 is 5.98. The molecule has 1 aromatic carbocycles. The molecule has 0 spiro atoms. The number of aromatic hydroxyl groups is 1. The summed E-state index contributed by atoms with van der Waals surface area (Å²) in [5.74, 6) is 0.946. The van der Waals surface area contributed by atoms with Crippen LogP contribution in [0.2, 0.25) is 5.02 Å². The summed E-state index contributed by atoms with van der Waals surface area (Å²) in [6.45, 7) is 5.90. The van der Waals surface area contributed by atoms with Crippen LogP contribution in [0.15, 0.2) is 12.1 Å². The fraction of sp³-hybridized carbons (Fsp3) is 0.500. The van der Waals surface area contributed by atoms with E-state index in [1.807, 2.05) is 26.8 Å². The zero-order valence-electron chi connectivity index (χ0n) is 8.97. The van der Waals surface area contributed by atoms with Gasteiger partial charge in [-0.2, -0.15) is 0 Å². The van der Waals surface area contributed by atoms with Crippen molar-refractivity contribution in [3.05, 3.63) is 28.3 Å². The summed E-state index contributed by atoms with van der Waals surface area (Å²) in [7, 11) is 0. The second-order valence-electron chi connectivity index (χ2n) is 3.43. The first-order chi connectivity index (χ1) is 6.68. The third-order valence-electron chi connectivity index (χ3n) is 2.33. The van der Waals surface area contributed by atoms with E-state index in [2.05, 4.69) is 0 Å². The number of rotatable bonds is 1. The summed E-state index contributed by atoms with van der Waals surface area (Å²) in [5, 5.41) is 10.1. The van der Waals surface area contributed by atoms with Crippen LogP contribution in [0.1, 0.15) is 43.7 Å². The Morgan fingerprint density at radius 2 is 1.86 bits per heavy atom. The maximum absolute atomic E-state index is 9.34. The highest BCUT2D eigenvalue weighted by atomic mass is 35.5. The van der Waals surface area contributed by atoms with Gasteiger partial charge in [-0.25, -0.2) is 0 Å². The molecule has 0 amide bonds. The number of halogens is 1. The molecule has 78 valence electrons. The Labute approximate surface area is 90.7 Å². The van der Waals surface area contributed by atoms with Crippen molar-refractivity contribution in [3.8, 4) is 5.75 Å². The second kappa shape index (κ2) is 4.70. The minimum atomic E-state index is 0.296. The third kappa shape index (κ3) is 2.42. The predicted molar refractivity (Wildman–Crippen MR) is 61.2 cm³/mol. The van der Waals surface area contributed by atoms with Gasteiger partial charge in [0.25, 0.3) is 0 Å². The Morgan fingerprint density at radius 1 is 1.29 bits per heavy atom. The second-order valence-corrected chi connectivity index (χ2v) is 3.84. The molecule has 0 aliphatic heterocycles. The average molecular weight is 213 g/mol. The number of aryl methyl sites for hydroxylation is 1. The first-order valence-corrected chi connectivity index (χ1v) is 5.55. The first-order valence-electron chi connectivity index (χ1n) is 5.17. The molecule has 1 nitrogen and oxygen atoms in total. The molecule has 1 N–H and O–H groups in total. The molecule has 2 rings (SSSR count). The normalized spacial score (nSPS) is 14.6. The Kier molecular flexibility index (Phi) is 3.82. The molecule has 0 bridgehead atoms. The standard InChI is InChI=1S/C10H11ClO.C2H6/c1-6-4-8(7-2-3-7)9(11)5-10(6)12;1-2/h4-5,7,12H,2-3H2,1H3;1-2H3. The molecule has 1 aliphatic rings. The van der Waals surface area contributed by atoms with Crippen molar-refractivity contribution < 1.29 is 5.11 Å². The molecule has 1 aliphatic carbocycles. The van der Waals surface area contributed by atoms with E-state index in [4.69, 9.17) is 11.6 Å². The Balaban J connectivity index is 0.000000461. The molecule has 2 heteroatoms. The Morgan fingerprint density at radius 3 is 2.36 bits per heavy atom. The third-order valence-corrected chi connectivity index (χ3v) is 2.66. The molecular formula is C12H17ClO. The monoisotopic (exact) mass is 212 g/mol. The zero-order valence-corrected chi connectivity index (χ0v) is 9.73. The fourth-order valence-corrected chi connectivity index (χ4v) is 1.71. The molecule has 0 aromatic heterocycles. The molecule has 0 radical (unpaired) electrons. The maximum Gasteiger partial charge on any atom is 0.119 e. The van der Waals surface area contributed by atoms with Crippen LogP contribution >= 0.6 is 11.6 Å². The van der Waals surface area contributed by atoms with Crippen molar-refractivity contribution in [2.45, 2.75) is 39.5 Å². The summed E-state index contributed by atoms with van der Waals surface area (Å²) in [5.41, 5.74) is 2.12. The van der Waals surface area contributed by atoms with Gasteiger partial charge >= 0.3 is 0 Å². The van der Waals surface area contributed by atoms with Gasteiger partial charge in [0.1, 0.15) is 5.75 Å². The molecular weight excluding hydrogens is 196 g/mol. The lowest BCUT2D eigenvalue weighted by molar-refractivity contribution is 0.471. The maximum atomic E-state index is 9.34. The van der Waals surface area contributed by atoms with Crippen LogP contribution < -0.4 is 0 Å². The van der Waals surface area contributed by atoms with Crippen molar-refractivity contribution in [3.63, 3.8) is 0 Å². The predicted octanol–water partition coefficient (Wildman–Crippen LogP) is 4.26. The van der Waals surface area contributed by atoms with Crippen molar-refractivity contribution in [2.75, 3.05) is 0 Å². The quantitative estimate of drug-likeness (QED) is 0.738. The van der Waals surface area contributed by atoms with Crippen LogP contribution in [0.3, 0.4) is 0 Å². The van der Waals surface area contributed by atoms with Crippen LogP contribution in [-0.4, -0.2) is 5.11 Å². The van der Waals surface area contributed by atoms with Gasteiger partial charge in [-0.15, -0.1) is 0 Å². The summed E-state index contributed by atoms with van der Waals surface area (Å²) in [6.07, 6.45) is 2.48. The van der Waals surface area contributed by atoms with Gasteiger partial charge in [0, 0.05) is 5.02 Å². The Hall–Kier alpha value is -0.690. The molecule has 0 unspecified atom stereocenters. The molecule has 0 heterocycles. The van der Waals surface area contributed by atoms with E-state index in [-0.39, 0.29) is 0 Å². The van der Waals surface area contributed by atoms with Crippen LogP contribution in [-0.2, 0) is 0 Å². The lowest BCUT2D eigenvalue weighted by atomic mass is 10.1. The summed E-state index contributed by atoms with van der Waals surface area (Å²) in [4.78, 5) is 0. The van der Waals surface area contributed by atoms with E-state index >= 15 is 0 Å². The molecule has 1 aromatic rings. The minimum Gasteiger partial charge on any atom is -0.508 e. The van der Waals surface area contributed by atoms with Crippen LogP contribution in [0, 0.1) is 6.92 Å². The summed E-state index contributed by atoms with van der Waals surface area (Å²) < 4.78 is 0.